The van der Waals surface area contributed by atoms with Crippen molar-refractivity contribution in [2.75, 3.05) is 5.32 Å². The lowest BCUT2D eigenvalue weighted by Gasteiger charge is -2.08. The highest BCUT2D eigenvalue weighted by atomic mass is 79.9. The lowest BCUT2D eigenvalue weighted by Crippen LogP contribution is -2.27. The van der Waals surface area contributed by atoms with Crippen molar-refractivity contribution in [1.82, 2.24) is 9.55 Å². The summed E-state index contributed by atoms with van der Waals surface area (Å²) in [5, 5.41) is 2.74. The Labute approximate surface area is 131 Å². The van der Waals surface area contributed by atoms with Crippen LogP contribution in [0.5, 0.6) is 0 Å². The molecule has 0 fully saturated rings. The number of aromatic nitrogens is 2. The van der Waals surface area contributed by atoms with Crippen molar-refractivity contribution in [2.45, 2.75) is 26.3 Å². The van der Waals surface area contributed by atoms with E-state index in [-0.39, 0.29) is 18.0 Å². The first-order valence-corrected chi connectivity index (χ1v) is 7.48. The molecule has 1 aromatic carbocycles. The van der Waals surface area contributed by atoms with Crippen LogP contribution >= 0.6 is 15.9 Å². The third-order valence-electron chi connectivity index (χ3n) is 2.86. The maximum absolute atomic E-state index is 11.9. The third kappa shape index (κ3) is 4.53. The summed E-state index contributed by atoms with van der Waals surface area (Å²) < 4.78 is 2.18. The first kappa shape index (κ1) is 15.4. The molecule has 5 nitrogen and oxygen atoms in total. The van der Waals surface area contributed by atoms with Crippen LogP contribution in [0.25, 0.3) is 0 Å². The van der Waals surface area contributed by atoms with Gasteiger partial charge in [-0.1, -0.05) is 35.3 Å². The van der Waals surface area contributed by atoms with Gasteiger partial charge >= 0.3 is 0 Å². The zero-order valence-corrected chi connectivity index (χ0v) is 13.3. The van der Waals surface area contributed by atoms with Crippen LogP contribution in [-0.2, 0) is 17.8 Å². The van der Waals surface area contributed by atoms with Crippen LogP contribution < -0.4 is 10.9 Å². The van der Waals surface area contributed by atoms with E-state index in [2.05, 4.69) is 26.2 Å². The number of hydrogen-bond acceptors (Lipinski definition) is 3. The van der Waals surface area contributed by atoms with E-state index in [1.807, 2.05) is 19.1 Å². The molecule has 1 aromatic heterocycles. The van der Waals surface area contributed by atoms with Gasteiger partial charge in [-0.15, -0.1) is 0 Å². The molecule has 110 valence electrons. The molecule has 0 saturated heterocycles. The van der Waals surface area contributed by atoms with E-state index in [1.165, 1.54) is 17.0 Å². The molecule has 1 amide bonds. The van der Waals surface area contributed by atoms with Crippen LogP contribution in [0.2, 0.25) is 0 Å². The molecule has 0 aliphatic heterocycles. The highest BCUT2D eigenvalue weighted by Crippen LogP contribution is 2.15. The number of aryl methyl sites for hydroxylation is 1. The number of carbonyl (C=O) groups is 1. The molecule has 2 rings (SSSR count). The fraction of sp³-hybridized carbons (Fsp3) is 0.267. The van der Waals surface area contributed by atoms with Crippen molar-refractivity contribution < 1.29 is 4.79 Å². The van der Waals surface area contributed by atoms with Gasteiger partial charge < -0.3 is 5.32 Å². The maximum atomic E-state index is 11.9. The molecule has 0 saturated carbocycles. The molecule has 0 bridgehead atoms. The highest BCUT2D eigenvalue weighted by molar-refractivity contribution is 9.10. The number of anilines is 1. The Balaban J connectivity index is 2.04. The number of nitrogens with zero attached hydrogens (tertiary/aromatic N) is 2. The molecule has 0 radical (unpaired) electrons. The Morgan fingerprint density at radius 1 is 1.38 bits per heavy atom. The minimum Gasteiger partial charge on any atom is -0.324 e. The van der Waals surface area contributed by atoms with E-state index in [0.29, 0.717) is 5.69 Å². The molecule has 0 atom stereocenters. The molecular weight excluding hydrogens is 334 g/mol. The second kappa shape index (κ2) is 7.17. The first-order chi connectivity index (χ1) is 10.1. The minimum absolute atomic E-state index is 0.0508. The van der Waals surface area contributed by atoms with E-state index in [0.717, 1.165) is 23.0 Å². The summed E-state index contributed by atoms with van der Waals surface area (Å²) in [6.45, 7) is 1.98. The summed E-state index contributed by atoms with van der Waals surface area (Å²) in [5.41, 5.74) is 1.22. The van der Waals surface area contributed by atoms with Gasteiger partial charge in [0.2, 0.25) is 5.91 Å². The maximum Gasteiger partial charge on any atom is 0.253 e. The largest absolute Gasteiger partial charge is 0.324 e. The van der Waals surface area contributed by atoms with Gasteiger partial charge in [-0.2, -0.15) is 0 Å². The SMILES string of the molecule is CCCc1cc(=O)n(CC(=O)Nc2cccc(Br)c2)cn1. The number of carbonyl (C=O) groups excluding carboxylic acids is 1. The van der Waals surface area contributed by atoms with Crippen molar-refractivity contribution in [1.29, 1.82) is 0 Å². The molecule has 21 heavy (non-hydrogen) atoms. The summed E-state index contributed by atoms with van der Waals surface area (Å²) in [4.78, 5) is 28.0. The molecule has 0 aliphatic carbocycles. The lowest BCUT2D eigenvalue weighted by molar-refractivity contribution is -0.116. The number of nitrogens with one attached hydrogen (secondary N) is 1. The van der Waals surface area contributed by atoms with E-state index in [1.54, 1.807) is 12.1 Å². The van der Waals surface area contributed by atoms with Gasteiger partial charge in [0.15, 0.2) is 0 Å². The van der Waals surface area contributed by atoms with Crippen LogP contribution in [0.3, 0.4) is 0 Å². The van der Waals surface area contributed by atoms with Gasteiger partial charge in [-0.05, 0) is 24.6 Å². The van der Waals surface area contributed by atoms with Crippen molar-refractivity contribution in [3.8, 4) is 0 Å². The summed E-state index contributed by atoms with van der Waals surface area (Å²) in [5.74, 6) is -0.264. The molecule has 2 aromatic rings. The van der Waals surface area contributed by atoms with E-state index < -0.39 is 0 Å². The Kier molecular flexibility index (Phi) is 5.27. The fourth-order valence-electron chi connectivity index (χ4n) is 1.90. The van der Waals surface area contributed by atoms with Crippen molar-refractivity contribution in [3.63, 3.8) is 0 Å². The number of amides is 1. The summed E-state index contributed by atoms with van der Waals surface area (Å²) >= 11 is 3.34. The van der Waals surface area contributed by atoms with Gasteiger partial charge in [0.05, 0.1) is 6.33 Å². The summed E-state index contributed by atoms with van der Waals surface area (Å²) in [6.07, 6.45) is 3.12. The van der Waals surface area contributed by atoms with Crippen LogP contribution in [0.15, 0.2) is 45.9 Å². The lowest BCUT2D eigenvalue weighted by atomic mass is 10.2. The number of hydrogen-bond donors (Lipinski definition) is 1. The van der Waals surface area contributed by atoms with E-state index in [9.17, 15) is 9.59 Å². The molecule has 0 unspecified atom stereocenters. The van der Waals surface area contributed by atoms with Gasteiger partial charge in [-0.3, -0.25) is 14.2 Å². The number of benzene rings is 1. The van der Waals surface area contributed by atoms with E-state index >= 15 is 0 Å². The molecular formula is C15H16BrN3O2. The predicted molar refractivity (Wildman–Crippen MR) is 85.3 cm³/mol. The van der Waals surface area contributed by atoms with Crippen molar-refractivity contribution in [2.24, 2.45) is 0 Å². The Morgan fingerprint density at radius 3 is 2.86 bits per heavy atom. The normalized spacial score (nSPS) is 10.4. The molecule has 1 N–H and O–H groups in total. The van der Waals surface area contributed by atoms with Crippen LogP contribution in [0, 0.1) is 0 Å². The number of halogens is 1. The Hall–Kier alpha value is -1.95. The van der Waals surface area contributed by atoms with Crippen LogP contribution in [-0.4, -0.2) is 15.5 Å². The highest BCUT2D eigenvalue weighted by Gasteiger charge is 2.06. The van der Waals surface area contributed by atoms with Crippen LogP contribution in [0.1, 0.15) is 19.0 Å². The third-order valence-corrected chi connectivity index (χ3v) is 3.36. The average Bonchev–Trinajstić information content (AvgIpc) is 2.42. The van der Waals surface area contributed by atoms with Gasteiger partial charge in [0.1, 0.15) is 6.54 Å². The average molecular weight is 350 g/mol. The first-order valence-electron chi connectivity index (χ1n) is 6.69. The monoisotopic (exact) mass is 349 g/mol. The summed E-state index contributed by atoms with van der Waals surface area (Å²) in [6, 6.07) is 8.76. The topological polar surface area (TPSA) is 64.0 Å². The number of rotatable bonds is 5. The quantitative estimate of drug-likeness (QED) is 0.902. The predicted octanol–water partition coefficient (Wildman–Crippen LogP) is 2.60. The zero-order chi connectivity index (χ0) is 15.2. The van der Waals surface area contributed by atoms with Crippen LogP contribution in [0.4, 0.5) is 5.69 Å². The standard InChI is InChI=1S/C15H16BrN3O2/c1-2-4-12-8-15(21)19(10-17-12)9-14(20)18-13-6-3-5-11(16)7-13/h3,5-8,10H,2,4,9H2,1H3,(H,18,20). The minimum atomic E-state index is -0.264. The smallest absolute Gasteiger partial charge is 0.253 e. The summed E-state index contributed by atoms with van der Waals surface area (Å²) in [7, 11) is 0. The second-order valence-corrected chi connectivity index (χ2v) is 5.57. The second-order valence-electron chi connectivity index (χ2n) is 4.65. The molecule has 6 heteroatoms. The van der Waals surface area contributed by atoms with Crippen molar-refractivity contribution in [3.05, 3.63) is 57.2 Å². The van der Waals surface area contributed by atoms with Crippen molar-refractivity contribution >= 4 is 27.5 Å². The molecule has 0 spiro atoms. The molecule has 1 heterocycles. The zero-order valence-electron chi connectivity index (χ0n) is 11.7. The van der Waals surface area contributed by atoms with Gasteiger partial charge in [-0.25, -0.2) is 4.98 Å². The fourth-order valence-corrected chi connectivity index (χ4v) is 2.30. The van der Waals surface area contributed by atoms with Gasteiger partial charge in [0.25, 0.3) is 5.56 Å². The van der Waals surface area contributed by atoms with Gasteiger partial charge in [0, 0.05) is 21.9 Å². The Bertz CT molecular complexity index is 697. The Morgan fingerprint density at radius 2 is 2.19 bits per heavy atom. The van der Waals surface area contributed by atoms with E-state index in [4.69, 9.17) is 0 Å². The molecule has 0 aliphatic rings.